The molecule has 1 amide bonds. The fourth-order valence-corrected chi connectivity index (χ4v) is 2.74. The first kappa shape index (κ1) is 20.1. The number of benzene rings is 2. The van der Waals surface area contributed by atoms with Crippen LogP contribution in [-0.4, -0.2) is 35.8 Å². The van der Waals surface area contributed by atoms with E-state index < -0.39 is 0 Å². The summed E-state index contributed by atoms with van der Waals surface area (Å²) in [6, 6.07) is 12.6. The summed E-state index contributed by atoms with van der Waals surface area (Å²) in [5.41, 5.74) is 4.58. The molecule has 1 aromatic heterocycles. The highest BCUT2D eigenvalue weighted by Gasteiger charge is 2.08. The third-order valence-electron chi connectivity index (χ3n) is 4.15. The van der Waals surface area contributed by atoms with E-state index in [1.54, 1.807) is 25.3 Å². The van der Waals surface area contributed by atoms with Crippen molar-refractivity contribution in [1.82, 2.24) is 15.4 Å². The minimum atomic E-state index is -0.312. The molecule has 8 nitrogen and oxygen atoms in total. The van der Waals surface area contributed by atoms with E-state index in [4.69, 9.17) is 9.47 Å². The SMILES string of the molecule is CCOc1ccc(/C=N/NC(=O)CCc2nc3ccccc3[nH]c2=O)cc1OC. The van der Waals surface area contributed by atoms with Gasteiger partial charge in [0, 0.05) is 12.8 Å². The lowest BCUT2D eigenvalue weighted by molar-refractivity contribution is -0.121. The maximum Gasteiger partial charge on any atom is 0.270 e. The van der Waals surface area contributed by atoms with Crippen LogP contribution in [0.5, 0.6) is 11.5 Å². The highest BCUT2D eigenvalue weighted by molar-refractivity contribution is 5.83. The number of nitrogens with one attached hydrogen (secondary N) is 2. The number of aromatic amines is 1. The number of hydrazone groups is 1. The molecular weight excluding hydrogens is 372 g/mol. The largest absolute Gasteiger partial charge is 0.493 e. The summed E-state index contributed by atoms with van der Waals surface area (Å²) in [6.45, 7) is 2.43. The van der Waals surface area contributed by atoms with Gasteiger partial charge in [0.05, 0.1) is 31.0 Å². The topological polar surface area (TPSA) is 106 Å². The summed E-state index contributed by atoms with van der Waals surface area (Å²) in [4.78, 5) is 31.2. The number of aromatic nitrogens is 2. The molecule has 0 atom stereocenters. The molecule has 29 heavy (non-hydrogen) atoms. The number of H-pyrrole nitrogens is 1. The minimum absolute atomic E-state index is 0.0956. The Morgan fingerprint density at radius 3 is 2.86 bits per heavy atom. The Labute approximate surface area is 167 Å². The number of para-hydroxylation sites is 2. The molecule has 0 aliphatic rings. The number of amides is 1. The van der Waals surface area contributed by atoms with Crippen LogP contribution in [0.4, 0.5) is 0 Å². The molecule has 0 aliphatic heterocycles. The monoisotopic (exact) mass is 394 g/mol. The van der Waals surface area contributed by atoms with Crippen LogP contribution < -0.4 is 20.5 Å². The molecule has 0 bridgehead atoms. The van der Waals surface area contributed by atoms with E-state index in [0.29, 0.717) is 34.8 Å². The number of carbonyl (C=O) groups is 1. The van der Waals surface area contributed by atoms with Crippen molar-refractivity contribution in [3.63, 3.8) is 0 Å². The van der Waals surface area contributed by atoms with Crippen molar-refractivity contribution >= 4 is 23.2 Å². The van der Waals surface area contributed by atoms with Gasteiger partial charge in [0.15, 0.2) is 11.5 Å². The number of fused-ring (bicyclic) bond motifs is 1. The number of rotatable bonds is 8. The molecule has 0 aliphatic carbocycles. The summed E-state index contributed by atoms with van der Waals surface area (Å²) in [5, 5.41) is 3.95. The second kappa shape index (κ2) is 9.50. The number of hydrogen-bond donors (Lipinski definition) is 2. The van der Waals surface area contributed by atoms with Crippen molar-refractivity contribution in [2.24, 2.45) is 5.10 Å². The van der Waals surface area contributed by atoms with E-state index >= 15 is 0 Å². The number of nitrogens with zero attached hydrogens (tertiary/aromatic N) is 2. The zero-order valence-electron chi connectivity index (χ0n) is 16.3. The van der Waals surface area contributed by atoms with Crippen molar-refractivity contribution in [2.75, 3.05) is 13.7 Å². The molecule has 1 heterocycles. The van der Waals surface area contributed by atoms with Gasteiger partial charge in [-0.3, -0.25) is 9.59 Å². The highest BCUT2D eigenvalue weighted by atomic mass is 16.5. The van der Waals surface area contributed by atoms with E-state index in [-0.39, 0.29) is 24.3 Å². The molecule has 0 saturated carbocycles. The Kier molecular flexibility index (Phi) is 6.57. The number of ether oxygens (including phenoxy) is 2. The van der Waals surface area contributed by atoms with Gasteiger partial charge >= 0.3 is 0 Å². The van der Waals surface area contributed by atoms with Crippen LogP contribution in [0.2, 0.25) is 0 Å². The number of carbonyl (C=O) groups excluding carboxylic acids is 1. The Bertz CT molecular complexity index is 1090. The van der Waals surface area contributed by atoms with E-state index in [2.05, 4.69) is 20.5 Å². The van der Waals surface area contributed by atoms with Gasteiger partial charge in [0.25, 0.3) is 5.56 Å². The van der Waals surface area contributed by atoms with E-state index in [0.717, 1.165) is 5.56 Å². The lowest BCUT2D eigenvalue weighted by Crippen LogP contribution is -2.21. The predicted octanol–water partition coefficient (Wildman–Crippen LogP) is 2.41. The first-order chi connectivity index (χ1) is 14.1. The van der Waals surface area contributed by atoms with Gasteiger partial charge in [-0.2, -0.15) is 5.10 Å². The molecule has 0 unspecified atom stereocenters. The number of hydrogen-bond acceptors (Lipinski definition) is 6. The molecule has 3 aromatic rings. The number of aryl methyl sites for hydroxylation is 1. The molecule has 3 rings (SSSR count). The van der Waals surface area contributed by atoms with Crippen LogP contribution in [0, 0.1) is 0 Å². The van der Waals surface area contributed by atoms with Gasteiger partial charge < -0.3 is 14.5 Å². The fraction of sp³-hybridized carbons (Fsp3) is 0.238. The molecule has 2 N–H and O–H groups in total. The Balaban J connectivity index is 1.57. The van der Waals surface area contributed by atoms with Gasteiger partial charge in [0.2, 0.25) is 5.91 Å². The zero-order chi connectivity index (χ0) is 20.6. The van der Waals surface area contributed by atoms with Gasteiger partial charge in [-0.1, -0.05) is 12.1 Å². The fourth-order valence-electron chi connectivity index (χ4n) is 2.74. The average Bonchev–Trinajstić information content (AvgIpc) is 2.73. The summed E-state index contributed by atoms with van der Waals surface area (Å²) >= 11 is 0. The molecule has 0 fully saturated rings. The van der Waals surface area contributed by atoms with Crippen molar-refractivity contribution in [2.45, 2.75) is 19.8 Å². The molecule has 0 saturated heterocycles. The van der Waals surface area contributed by atoms with Crippen molar-refractivity contribution in [3.8, 4) is 11.5 Å². The third-order valence-corrected chi connectivity index (χ3v) is 4.15. The van der Waals surface area contributed by atoms with Crippen molar-refractivity contribution < 1.29 is 14.3 Å². The van der Waals surface area contributed by atoms with Gasteiger partial charge in [0.1, 0.15) is 5.69 Å². The molecule has 8 heteroatoms. The smallest absolute Gasteiger partial charge is 0.270 e. The van der Waals surface area contributed by atoms with E-state index in [9.17, 15) is 9.59 Å². The quantitative estimate of drug-likeness (QED) is 0.451. The van der Waals surface area contributed by atoms with Crippen LogP contribution in [0.3, 0.4) is 0 Å². The molecule has 2 aromatic carbocycles. The zero-order valence-corrected chi connectivity index (χ0v) is 16.3. The molecular formula is C21H22N4O4. The van der Waals surface area contributed by atoms with Crippen LogP contribution in [0.1, 0.15) is 24.6 Å². The van der Waals surface area contributed by atoms with E-state index in [1.807, 2.05) is 31.2 Å². The second-order valence-electron chi connectivity index (χ2n) is 6.17. The first-order valence-electron chi connectivity index (χ1n) is 9.21. The Morgan fingerprint density at radius 2 is 2.07 bits per heavy atom. The van der Waals surface area contributed by atoms with Crippen molar-refractivity contribution in [1.29, 1.82) is 0 Å². The Hall–Kier alpha value is -3.68. The first-order valence-corrected chi connectivity index (χ1v) is 9.21. The van der Waals surface area contributed by atoms with Crippen molar-refractivity contribution in [3.05, 3.63) is 64.1 Å². The maximum absolute atomic E-state index is 12.1. The predicted molar refractivity (Wildman–Crippen MR) is 111 cm³/mol. The maximum atomic E-state index is 12.1. The van der Waals surface area contributed by atoms with Crippen LogP contribution in [0.25, 0.3) is 11.0 Å². The van der Waals surface area contributed by atoms with Gasteiger partial charge in [-0.05, 0) is 42.8 Å². The standard InChI is InChI=1S/C21H22N4O4/c1-3-29-18-10-8-14(12-19(18)28-2)13-22-25-20(26)11-9-17-21(27)24-16-7-5-4-6-15(16)23-17/h4-8,10,12-13H,3,9,11H2,1-2H3,(H,24,27)(H,25,26)/b22-13+. The van der Waals surface area contributed by atoms with Crippen LogP contribution in [-0.2, 0) is 11.2 Å². The summed E-state index contributed by atoms with van der Waals surface area (Å²) in [5.74, 6) is 0.918. The lowest BCUT2D eigenvalue weighted by Gasteiger charge is -2.09. The third kappa shape index (κ3) is 5.19. The molecule has 150 valence electrons. The van der Waals surface area contributed by atoms with Gasteiger partial charge in [-0.15, -0.1) is 0 Å². The minimum Gasteiger partial charge on any atom is -0.493 e. The summed E-state index contributed by atoms with van der Waals surface area (Å²) < 4.78 is 10.7. The summed E-state index contributed by atoms with van der Waals surface area (Å²) in [7, 11) is 1.56. The highest BCUT2D eigenvalue weighted by Crippen LogP contribution is 2.27. The second-order valence-corrected chi connectivity index (χ2v) is 6.17. The van der Waals surface area contributed by atoms with Crippen LogP contribution >= 0.6 is 0 Å². The van der Waals surface area contributed by atoms with Gasteiger partial charge in [-0.25, -0.2) is 10.4 Å². The summed E-state index contributed by atoms with van der Waals surface area (Å²) in [6.07, 6.45) is 1.83. The lowest BCUT2D eigenvalue weighted by atomic mass is 10.2. The number of methoxy groups -OCH3 is 1. The Morgan fingerprint density at radius 1 is 1.24 bits per heavy atom. The molecule has 0 spiro atoms. The van der Waals surface area contributed by atoms with Crippen LogP contribution in [0.15, 0.2) is 52.4 Å². The normalized spacial score (nSPS) is 11.0. The van der Waals surface area contributed by atoms with E-state index in [1.165, 1.54) is 6.21 Å². The molecule has 0 radical (unpaired) electrons. The average molecular weight is 394 g/mol.